The zero-order valence-electron chi connectivity index (χ0n) is 20.7. The highest BCUT2D eigenvalue weighted by atomic mass is 19.1. The monoisotopic (exact) mass is 488 g/mol. The number of benzene rings is 1. The maximum atomic E-state index is 13.3. The fourth-order valence-electron chi connectivity index (χ4n) is 5.30. The van der Waals surface area contributed by atoms with Crippen LogP contribution in [0.1, 0.15) is 49.9 Å². The molecule has 8 nitrogen and oxygen atoms in total. The van der Waals surface area contributed by atoms with Crippen LogP contribution in [0, 0.1) is 17.7 Å². The topological polar surface area (TPSA) is 91.0 Å². The van der Waals surface area contributed by atoms with Gasteiger partial charge in [-0.3, -0.25) is 24.6 Å². The summed E-state index contributed by atoms with van der Waals surface area (Å²) >= 11 is 0. The number of Topliss-reactive ketones (excluding diaryl/α,β-unsaturated/α-hetero) is 1. The first-order chi connectivity index (χ1) is 16.9. The molecule has 0 saturated carbocycles. The summed E-state index contributed by atoms with van der Waals surface area (Å²) in [5, 5.41) is 6.53. The van der Waals surface area contributed by atoms with E-state index in [1.165, 1.54) is 24.3 Å². The lowest BCUT2D eigenvalue weighted by Gasteiger charge is -2.42. The van der Waals surface area contributed by atoms with E-state index in [-0.39, 0.29) is 53.5 Å². The third-order valence-corrected chi connectivity index (χ3v) is 7.69. The van der Waals surface area contributed by atoms with Gasteiger partial charge in [0.2, 0.25) is 11.8 Å². The van der Waals surface area contributed by atoms with Crippen molar-refractivity contribution >= 4 is 17.6 Å². The molecule has 3 aliphatic heterocycles. The SMILES string of the molecule is CC[C@@H](C)N(CC1NC(=O)C2COCCC2N1)C(=O)CN1CCC(C(=O)c2ccc(F)cc2)CC1. The molecule has 9 heteroatoms. The first kappa shape index (κ1) is 25.7. The van der Waals surface area contributed by atoms with Gasteiger partial charge in [-0.15, -0.1) is 0 Å². The number of rotatable bonds is 8. The highest BCUT2D eigenvalue weighted by molar-refractivity contribution is 5.97. The van der Waals surface area contributed by atoms with E-state index >= 15 is 0 Å². The molecule has 3 saturated heterocycles. The van der Waals surface area contributed by atoms with E-state index in [1.54, 1.807) is 0 Å². The molecule has 3 heterocycles. The molecule has 4 rings (SSSR count). The molecule has 192 valence electrons. The van der Waals surface area contributed by atoms with E-state index in [0.29, 0.717) is 57.8 Å². The normalized spacial score (nSPS) is 26.5. The van der Waals surface area contributed by atoms with E-state index in [1.807, 2.05) is 11.8 Å². The van der Waals surface area contributed by atoms with Gasteiger partial charge in [0.05, 0.1) is 31.8 Å². The van der Waals surface area contributed by atoms with Gasteiger partial charge in [0.25, 0.3) is 0 Å². The Kier molecular flexibility index (Phi) is 8.51. The Labute approximate surface area is 206 Å². The summed E-state index contributed by atoms with van der Waals surface area (Å²) in [5.41, 5.74) is 0.540. The quantitative estimate of drug-likeness (QED) is 0.543. The molecule has 0 aromatic heterocycles. The molecule has 0 spiro atoms. The standard InChI is InChI=1S/C26H37FN4O4/c1-3-17(2)31(14-23-28-22-10-13-35-16-21(22)26(34)29-23)24(32)15-30-11-8-19(9-12-30)25(33)18-4-6-20(27)7-5-18/h4-7,17,19,21-23,28H,3,8-16H2,1-2H3,(H,29,34)/t17-,21?,22?,23?/m1/s1. The van der Waals surface area contributed by atoms with Crippen LogP contribution < -0.4 is 10.6 Å². The van der Waals surface area contributed by atoms with Gasteiger partial charge >= 0.3 is 0 Å². The van der Waals surface area contributed by atoms with Crippen LogP contribution in [-0.4, -0.2) is 85.0 Å². The molecule has 3 aliphatic rings. The Morgan fingerprint density at radius 2 is 1.91 bits per heavy atom. The van der Waals surface area contributed by atoms with Crippen LogP contribution in [0.3, 0.4) is 0 Å². The van der Waals surface area contributed by atoms with Crippen LogP contribution in [0.2, 0.25) is 0 Å². The molecule has 4 atom stereocenters. The van der Waals surface area contributed by atoms with Gasteiger partial charge in [0.1, 0.15) is 5.82 Å². The van der Waals surface area contributed by atoms with Crippen molar-refractivity contribution in [3.8, 4) is 0 Å². The van der Waals surface area contributed by atoms with Crippen molar-refractivity contribution in [1.82, 2.24) is 20.4 Å². The van der Waals surface area contributed by atoms with Crippen molar-refractivity contribution in [3.05, 3.63) is 35.6 Å². The smallest absolute Gasteiger partial charge is 0.237 e. The second-order valence-corrected chi connectivity index (χ2v) is 10.0. The third-order valence-electron chi connectivity index (χ3n) is 7.69. The maximum Gasteiger partial charge on any atom is 0.237 e. The van der Waals surface area contributed by atoms with Crippen LogP contribution in [0.4, 0.5) is 4.39 Å². The molecule has 2 N–H and O–H groups in total. The van der Waals surface area contributed by atoms with Crippen molar-refractivity contribution in [1.29, 1.82) is 0 Å². The number of nitrogens with one attached hydrogen (secondary N) is 2. The summed E-state index contributed by atoms with van der Waals surface area (Å²) in [6.07, 6.45) is 2.69. The van der Waals surface area contributed by atoms with E-state index in [0.717, 1.165) is 12.8 Å². The molecule has 0 aliphatic carbocycles. The number of piperidine rings is 1. The minimum atomic E-state index is -0.351. The summed E-state index contributed by atoms with van der Waals surface area (Å²) in [6, 6.07) is 5.84. The number of amides is 2. The predicted octanol–water partition coefficient (Wildman–Crippen LogP) is 1.80. The first-order valence-electron chi connectivity index (χ1n) is 12.8. The number of hydrogen-bond acceptors (Lipinski definition) is 6. The molecule has 0 radical (unpaired) electrons. The number of ether oxygens (including phenoxy) is 1. The molecular weight excluding hydrogens is 451 g/mol. The molecule has 35 heavy (non-hydrogen) atoms. The van der Waals surface area contributed by atoms with E-state index < -0.39 is 0 Å². The van der Waals surface area contributed by atoms with Crippen LogP contribution in [-0.2, 0) is 14.3 Å². The van der Waals surface area contributed by atoms with E-state index in [9.17, 15) is 18.8 Å². The number of halogens is 1. The van der Waals surface area contributed by atoms with Crippen LogP contribution >= 0.6 is 0 Å². The lowest BCUT2D eigenvalue weighted by atomic mass is 9.89. The third kappa shape index (κ3) is 6.26. The van der Waals surface area contributed by atoms with E-state index in [2.05, 4.69) is 22.5 Å². The summed E-state index contributed by atoms with van der Waals surface area (Å²) in [6.45, 7) is 7.21. The number of ketones is 1. The predicted molar refractivity (Wildman–Crippen MR) is 129 cm³/mol. The van der Waals surface area contributed by atoms with Crippen molar-refractivity contribution in [2.24, 2.45) is 11.8 Å². The Bertz CT molecular complexity index is 903. The molecule has 2 amide bonds. The average molecular weight is 489 g/mol. The van der Waals surface area contributed by atoms with Crippen molar-refractivity contribution in [2.45, 2.75) is 57.8 Å². The lowest BCUT2D eigenvalue weighted by Crippen LogP contribution is -2.67. The Morgan fingerprint density at radius 3 is 2.60 bits per heavy atom. The van der Waals surface area contributed by atoms with E-state index in [4.69, 9.17) is 4.74 Å². The largest absolute Gasteiger partial charge is 0.381 e. The number of hydrogen-bond donors (Lipinski definition) is 2. The molecule has 3 unspecified atom stereocenters. The highest BCUT2D eigenvalue weighted by Crippen LogP contribution is 2.23. The van der Waals surface area contributed by atoms with Gasteiger partial charge in [-0.2, -0.15) is 0 Å². The highest BCUT2D eigenvalue weighted by Gasteiger charge is 2.39. The molecule has 3 fully saturated rings. The van der Waals surface area contributed by atoms with Gasteiger partial charge in [-0.1, -0.05) is 6.92 Å². The minimum Gasteiger partial charge on any atom is -0.381 e. The zero-order valence-corrected chi connectivity index (χ0v) is 20.7. The van der Waals surface area contributed by atoms with Gasteiger partial charge in [-0.25, -0.2) is 4.39 Å². The average Bonchev–Trinajstić information content (AvgIpc) is 2.87. The zero-order chi connectivity index (χ0) is 24.9. The van der Waals surface area contributed by atoms with Gasteiger partial charge < -0.3 is 15.0 Å². The number of fused-ring (bicyclic) bond motifs is 1. The Morgan fingerprint density at radius 1 is 1.20 bits per heavy atom. The fraction of sp³-hybridized carbons (Fsp3) is 0.654. The molecular formula is C26H37FN4O4. The van der Waals surface area contributed by atoms with Crippen LogP contribution in [0.25, 0.3) is 0 Å². The summed E-state index contributed by atoms with van der Waals surface area (Å²) in [5.74, 6) is -0.562. The second kappa shape index (κ2) is 11.6. The summed E-state index contributed by atoms with van der Waals surface area (Å²) < 4.78 is 18.6. The van der Waals surface area contributed by atoms with Gasteiger partial charge in [0.15, 0.2) is 5.78 Å². The summed E-state index contributed by atoms with van der Waals surface area (Å²) in [4.78, 5) is 42.6. The van der Waals surface area contributed by atoms with Crippen LogP contribution in [0.15, 0.2) is 24.3 Å². The number of likely N-dealkylation sites (tertiary alicyclic amines) is 1. The second-order valence-electron chi connectivity index (χ2n) is 10.0. The number of nitrogens with zero attached hydrogens (tertiary/aromatic N) is 2. The summed E-state index contributed by atoms with van der Waals surface area (Å²) in [7, 11) is 0. The Hall–Kier alpha value is -2.36. The minimum absolute atomic E-state index is 0.0112. The first-order valence-corrected chi connectivity index (χ1v) is 12.8. The molecule has 1 aromatic rings. The maximum absolute atomic E-state index is 13.3. The number of carbonyl (C=O) groups excluding carboxylic acids is 3. The van der Waals surface area contributed by atoms with Gasteiger partial charge in [-0.05, 0) is 70.0 Å². The van der Waals surface area contributed by atoms with Gasteiger partial charge in [0, 0.05) is 30.2 Å². The molecule has 0 bridgehead atoms. The van der Waals surface area contributed by atoms with Crippen molar-refractivity contribution in [2.75, 3.05) is 39.4 Å². The fourth-order valence-corrected chi connectivity index (χ4v) is 5.30. The van der Waals surface area contributed by atoms with Crippen molar-refractivity contribution < 1.29 is 23.5 Å². The van der Waals surface area contributed by atoms with Crippen molar-refractivity contribution in [3.63, 3.8) is 0 Å². The molecule has 1 aromatic carbocycles. The Balaban J connectivity index is 1.30. The van der Waals surface area contributed by atoms with Crippen LogP contribution in [0.5, 0.6) is 0 Å². The number of carbonyl (C=O) groups is 3. The lowest BCUT2D eigenvalue weighted by molar-refractivity contribution is -0.140.